The average Bonchev–Trinajstić information content (AvgIpc) is 3.34. The van der Waals surface area contributed by atoms with Crippen molar-refractivity contribution in [1.29, 1.82) is 0 Å². The molecule has 1 aromatic carbocycles. The molecule has 31 heavy (non-hydrogen) atoms. The molecule has 1 saturated heterocycles. The normalized spacial score (nSPS) is 18.3. The molecule has 0 bridgehead atoms. The molecule has 0 aliphatic carbocycles. The van der Waals surface area contributed by atoms with Gasteiger partial charge in [0.2, 0.25) is 0 Å². The highest BCUT2D eigenvalue weighted by atomic mass is 32.1. The van der Waals surface area contributed by atoms with Crippen molar-refractivity contribution in [3.63, 3.8) is 0 Å². The Bertz CT molecular complexity index is 1220. The number of hydrogen-bond donors (Lipinski definition) is 1. The van der Waals surface area contributed by atoms with Gasteiger partial charge in [0.25, 0.3) is 0 Å². The Balaban J connectivity index is 1.71. The monoisotopic (exact) mass is 425 g/mol. The van der Waals surface area contributed by atoms with Gasteiger partial charge in [-0.3, -0.25) is 9.97 Å². The van der Waals surface area contributed by atoms with E-state index in [1.807, 2.05) is 30.6 Å². The fraction of sp³-hybridized carbons (Fsp3) is 0.160. The van der Waals surface area contributed by atoms with E-state index >= 15 is 0 Å². The van der Waals surface area contributed by atoms with Crippen molar-refractivity contribution in [2.45, 2.75) is 25.9 Å². The number of nitrogens with one attached hydrogen (secondary N) is 1. The number of rotatable bonds is 4. The molecule has 0 saturated carbocycles. The first-order chi connectivity index (χ1) is 15.1. The fourth-order valence-electron chi connectivity index (χ4n) is 4.34. The van der Waals surface area contributed by atoms with Gasteiger partial charge in [-0.1, -0.05) is 18.2 Å². The van der Waals surface area contributed by atoms with Gasteiger partial charge in [-0.25, -0.2) is 0 Å². The minimum atomic E-state index is -0.0843. The molecular weight excluding hydrogens is 402 g/mol. The lowest BCUT2D eigenvalue weighted by atomic mass is 10.0. The zero-order valence-corrected chi connectivity index (χ0v) is 18.3. The number of aromatic nitrogens is 3. The van der Waals surface area contributed by atoms with Crippen molar-refractivity contribution in [3.05, 3.63) is 108 Å². The third-order valence-electron chi connectivity index (χ3n) is 5.69. The van der Waals surface area contributed by atoms with Gasteiger partial charge in [-0.15, -0.1) is 0 Å². The van der Waals surface area contributed by atoms with Crippen LogP contribution in [0.2, 0.25) is 0 Å². The lowest BCUT2D eigenvalue weighted by molar-refractivity contribution is 0.548. The van der Waals surface area contributed by atoms with Gasteiger partial charge in [-0.2, -0.15) is 0 Å². The highest BCUT2D eigenvalue weighted by Gasteiger charge is 2.42. The number of aryl methyl sites for hydroxylation is 2. The molecule has 0 radical (unpaired) electrons. The Morgan fingerprint density at radius 3 is 2.52 bits per heavy atom. The fourth-order valence-corrected chi connectivity index (χ4v) is 4.69. The van der Waals surface area contributed by atoms with E-state index in [4.69, 9.17) is 12.2 Å². The second kappa shape index (κ2) is 7.96. The Hall–Kier alpha value is -3.51. The molecule has 6 heteroatoms. The van der Waals surface area contributed by atoms with Crippen LogP contribution in [-0.2, 0) is 0 Å². The molecule has 0 unspecified atom stereocenters. The summed E-state index contributed by atoms with van der Waals surface area (Å²) in [4.78, 5) is 11.2. The van der Waals surface area contributed by atoms with E-state index in [2.05, 4.69) is 87.1 Å². The van der Waals surface area contributed by atoms with Crippen LogP contribution in [0.4, 0.5) is 5.69 Å². The number of hydrogen-bond acceptors (Lipinski definition) is 3. The first-order valence-corrected chi connectivity index (χ1v) is 10.7. The topological polar surface area (TPSA) is 46.0 Å². The number of benzene rings is 1. The van der Waals surface area contributed by atoms with Crippen LogP contribution in [0.1, 0.15) is 34.7 Å². The van der Waals surface area contributed by atoms with E-state index in [0.29, 0.717) is 5.11 Å². The summed E-state index contributed by atoms with van der Waals surface area (Å²) in [7, 11) is 0. The molecule has 1 fully saturated rings. The zero-order valence-electron chi connectivity index (χ0n) is 17.4. The Morgan fingerprint density at radius 1 is 0.903 bits per heavy atom. The van der Waals surface area contributed by atoms with Crippen LogP contribution in [0, 0.1) is 13.8 Å². The van der Waals surface area contributed by atoms with E-state index in [-0.39, 0.29) is 12.1 Å². The van der Waals surface area contributed by atoms with Crippen LogP contribution in [0.15, 0.2) is 85.3 Å². The number of pyridine rings is 2. The minimum absolute atomic E-state index is 0.0712. The number of anilines is 1. The Kier molecular flexibility index (Phi) is 5.00. The molecule has 5 nitrogen and oxygen atoms in total. The van der Waals surface area contributed by atoms with Crippen LogP contribution in [0.3, 0.4) is 0 Å². The average molecular weight is 426 g/mol. The molecule has 2 atom stereocenters. The van der Waals surface area contributed by atoms with Gasteiger partial charge in [-0.05, 0) is 80.2 Å². The van der Waals surface area contributed by atoms with Crippen molar-refractivity contribution in [1.82, 2.24) is 19.9 Å². The summed E-state index contributed by atoms with van der Waals surface area (Å²) in [5, 5.41) is 4.24. The summed E-state index contributed by atoms with van der Waals surface area (Å²) in [6.07, 6.45) is 5.52. The predicted molar refractivity (Wildman–Crippen MR) is 127 cm³/mol. The molecule has 5 rings (SSSR count). The second-order valence-corrected chi connectivity index (χ2v) is 8.17. The number of thiocarbonyl (C=S) groups is 1. The first kappa shape index (κ1) is 19.5. The van der Waals surface area contributed by atoms with E-state index < -0.39 is 0 Å². The molecule has 154 valence electrons. The maximum atomic E-state index is 5.85. The quantitative estimate of drug-likeness (QED) is 0.463. The highest BCUT2D eigenvalue weighted by Crippen LogP contribution is 2.42. The van der Waals surface area contributed by atoms with Gasteiger partial charge in [0.1, 0.15) is 6.04 Å². The van der Waals surface area contributed by atoms with E-state index in [9.17, 15) is 0 Å². The number of nitrogens with zero attached hydrogens (tertiary/aromatic N) is 4. The Morgan fingerprint density at radius 2 is 1.77 bits per heavy atom. The second-order valence-electron chi connectivity index (χ2n) is 7.78. The molecule has 1 aliphatic heterocycles. The zero-order chi connectivity index (χ0) is 21.4. The SMILES string of the molecule is Cc1cccc(N2C(=S)N[C@H](c3ccccn3)[C@@H]2c2ccc(C)n2-c2cccnc2)c1. The molecule has 0 spiro atoms. The van der Waals surface area contributed by atoms with Gasteiger partial charge >= 0.3 is 0 Å². The molecule has 3 aromatic heterocycles. The van der Waals surface area contributed by atoms with Gasteiger partial charge in [0, 0.05) is 29.5 Å². The maximum Gasteiger partial charge on any atom is 0.174 e. The van der Waals surface area contributed by atoms with E-state index in [1.165, 1.54) is 5.56 Å². The molecular formula is C25H23N5S. The lowest BCUT2D eigenvalue weighted by Gasteiger charge is -2.29. The van der Waals surface area contributed by atoms with Gasteiger partial charge in [0.15, 0.2) is 5.11 Å². The maximum absolute atomic E-state index is 5.85. The van der Waals surface area contributed by atoms with Crippen LogP contribution in [0.25, 0.3) is 5.69 Å². The van der Waals surface area contributed by atoms with Crippen LogP contribution in [-0.4, -0.2) is 19.6 Å². The van der Waals surface area contributed by atoms with Crippen LogP contribution >= 0.6 is 12.2 Å². The molecule has 0 amide bonds. The summed E-state index contributed by atoms with van der Waals surface area (Å²) < 4.78 is 2.26. The first-order valence-electron chi connectivity index (χ1n) is 10.3. The molecule has 1 N–H and O–H groups in total. The highest BCUT2D eigenvalue weighted by molar-refractivity contribution is 7.80. The van der Waals surface area contributed by atoms with Crippen LogP contribution in [0.5, 0.6) is 0 Å². The van der Waals surface area contributed by atoms with Crippen molar-refractivity contribution >= 4 is 23.0 Å². The van der Waals surface area contributed by atoms with Crippen molar-refractivity contribution < 1.29 is 0 Å². The smallest absolute Gasteiger partial charge is 0.174 e. The Labute approximate surface area is 187 Å². The van der Waals surface area contributed by atoms with Gasteiger partial charge in [0.05, 0.1) is 23.6 Å². The minimum Gasteiger partial charge on any atom is -0.351 e. The molecule has 4 heterocycles. The van der Waals surface area contributed by atoms with E-state index in [1.54, 1.807) is 6.20 Å². The summed E-state index contributed by atoms with van der Waals surface area (Å²) in [5.74, 6) is 0. The van der Waals surface area contributed by atoms with Crippen molar-refractivity contribution in [2.24, 2.45) is 0 Å². The third kappa shape index (κ3) is 3.49. The van der Waals surface area contributed by atoms with Crippen molar-refractivity contribution in [3.8, 4) is 5.69 Å². The summed E-state index contributed by atoms with van der Waals surface area (Å²) in [6.45, 7) is 4.22. The lowest BCUT2D eigenvalue weighted by Crippen LogP contribution is -2.30. The summed E-state index contributed by atoms with van der Waals surface area (Å²) >= 11 is 5.85. The third-order valence-corrected chi connectivity index (χ3v) is 6.01. The predicted octanol–water partition coefficient (Wildman–Crippen LogP) is 5.06. The summed E-state index contributed by atoms with van der Waals surface area (Å²) in [5.41, 5.74) is 6.53. The largest absolute Gasteiger partial charge is 0.351 e. The van der Waals surface area contributed by atoms with E-state index in [0.717, 1.165) is 28.5 Å². The standard InChI is InChI=1S/C25H23N5S/c1-17-7-5-8-19(15-17)30-24(23(28-25(30)31)21-10-3-4-14-27-21)22-12-11-18(2)29(22)20-9-6-13-26-16-20/h3-16,23-24H,1-2H3,(H,28,31)/t23-,24+/m1/s1. The molecule has 4 aromatic rings. The van der Waals surface area contributed by atoms with Crippen LogP contribution < -0.4 is 10.2 Å². The van der Waals surface area contributed by atoms with Crippen molar-refractivity contribution in [2.75, 3.05) is 4.90 Å². The molecule has 1 aliphatic rings. The summed E-state index contributed by atoms with van der Waals surface area (Å²) in [6, 6.07) is 22.7. The van der Waals surface area contributed by atoms with Gasteiger partial charge < -0.3 is 14.8 Å².